The summed E-state index contributed by atoms with van der Waals surface area (Å²) in [5.74, 6) is -0.336. The summed E-state index contributed by atoms with van der Waals surface area (Å²) in [5.41, 5.74) is 1.40. The molecule has 0 unspecified atom stereocenters. The molecule has 27 heavy (non-hydrogen) atoms. The molecule has 0 aliphatic rings. The Bertz CT molecular complexity index is 756. The fourth-order valence-corrected chi connectivity index (χ4v) is 2.32. The fraction of sp³-hybridized carbons (Fsp3) is 0.286. The largest absolute Gasteiger partial charge is 0.494 e. The molecule has 0 fully saturated rings. The average Bonchev–Trinajstić information content (AvgIpc) is 2.70. The van der Waals surface area contributed by atoms with E-state index in [1.54, 1.807) is 24.3 Å². The Morgan fingerprint density at radius 3 is 2.30 bits per heavy atom. The first kappa shape index (κ1) is 20.2. The highest BCUT2D eigenvalue weighted by Crippen LogP contribution is 2.14. The standard InChI is InChI=1S/C21H23NO5/c1-2-26-18-10-8-17(9-11-18)19(23)12-13-20(24)22-14-21(25)27-15-16-6-4-3-5-7-16/h3-11H,2,12-15H2,1H3,(H,22,24). The topological polar surface area (TPSA) is 81.7 Å². The van der Waals surface area contributed by atoms with Crippen LogP contribution in [0.2, 0.25) is 0 Å². The number of rotatable bonds is 10. The predicted molar refractivity (Wildman–Crippen MR) is 100 cm³/mol. The smallest absolute Gasteiger partial charge is 0.325 e. The zero-order valence-electron chi connectivity index (χ0n) is 15.3. The molecule has 0 aliphatic carbocycles. The summed E-state index contributed by atoms with van der Waals surface area (Å²) in [6, 6.07) is 16.1. The summed E-state index contributed by atoms with van der Waals surface area (Å²) in [5, 5.41) is 2.47. The number of nitrogens with one attached hydrogen (secondary N) is 1. The van der Waals surface area contributed by atoms with Gasteiger partial charge in [-0.15, -0.1) is 0 Å². The second kappa shape index (κ2) is 10.8. The molecule has 2 aromatic carbocycles. The number of carbonyl (C=O) groups is 3. The molecule has 0 radical (unpaired) electrons. The SMILES string of the molecule is CCOc1ccc(C(=O)CCC(=O)NCC(=O)OCc2ccccc2)cc1. The summed E-state index contributed by atoms with van der Waals surface area (Å²) in [4.78, 5) is 35.6. The summed E-state index contributed by atoms with van der Waals surface area (Å²) < 4.78 is 10.4. The van der Waals surface area contributed by atoms with Crippen molar-refractivity contribution in [1.29, 1.82) is 0 Å². The van der Waals surface area contributed by atoms with Gasteiger partial charge in [0.05, 0.1) is 6.61 Å². The van der Waals surface area contributed by atoms with Crippen molar-refractivity contribution in [3.05, 3.63) is 65.7 Å². The van der Waals surface area contributed by atoms with Crippen molar-refractivity contribution in [3.63, 3.8) is 0 Å². The molecule has 0 saturated carbocycles. The van der Waals surface area contributed by atoms with Gasteiger partial charge in [0, 0.05) is 18.4 Å². The van der Waals surface area contributed by atoms with Crippen molar-refractivity contribution < 1.29 is 23.9 Å². The quantitative estimate of drug-likeness (QED) is 0.514. The van der Waals surface area contributed by atoms with Gasteiger partial charge in [0.25, 0.3) is 0 Å². The molecule has 0 bridgehead atoms. The van der Waals surface area contributed by atoms with Crippen molar-refractivity contribution in [2.24, 2.45) is 0 Å². The average molecular weight is 369 g/mol. The lowest BCUT2D eigenvalue weighted by Crippen LogP contribution is -2.30. The Kier molecular flexibility index (Phi) is 8.03. The van der Waals surface area contributed by atoms with Gasteiger partial charge in [-0.3, -0.25) is 14.4 Å². The summed E-state index contributed by atoms with van der Waals surface area (Å²) >= 11 is 0. The molecule has 0 saturated heterocycles. The van der Waals surface area contributed by atoms with Crippen LogP contribution < -0.4 is 10.1 Å². The molecule has 2 aromatic rings. The number of ether oxygens (including phenoxy) is 2. The Labute approximate surface area is 158 Å². The Balaban J connectivity index is 1.66. The van der Waals surface area contributed by atoms with Gasteiger partial charge in [-0.05, 0) is 36.8 Å². The van der Waals surface area contributed by atoms with Gasteiger partial charge in [-0.2, -0.15) is 0 Å². The van der Waals surface area contributed by atoms with E-state index in [4.69, 9.17) is 9.47 Å². The molecule has 1 amide bonds. The van der Waals surface area contributed by atoms with E-state index in [9.17, 15) is 14.4 Å². The van der Waals surface area contributed by atoms with E-state index in [2.05, 4.69) is 5.32 Å². The molecular weight excluding hydrogens is 346 g/mol. The molecule has 0 heterocycles. The van der Waals surface area contributed by atoms with Crippen LogP contribution in [0.25, 0.3) is 0 Å². The Morgan fingerprint density at radius 2 is 1.63 bits per heavy atom. The molecule has 2 rings (SSSR count). The van der Waals surface area contributed by atoms with E-state index in [0.29, 0.717) is 17.9 Å². The Morgan fingerprint density at radius 1 is 0.926 bits per heavy atom. The molecule has 1 N–H and O–H groups in total. The second-order valence-electron chi connectivity index (χ2n) is 5.80. The summed E-state index contributed by atoms with van der Waals surface area (Å²) in [6.45, 7) is 2.38. The minimum Gasteiger partial charge on any atom is -0.494 e. The maximum absolute atomic E-state index is 12.1. The minimum atomic E-state index is -0.523. The van der Waals surface area contributed by atoms with Crippen molar-refractivity contribution in [2.75, 3.05) is 13.2 Å². The van der Waals surface area contributed by atoms with Crippen molar-refractivity contribution in [1.82, 2.24) is 5.32 Å². The van der Waals surface area contributed by atoms with Crippen LogP contribution >= 0.6 is 0 Å². The van der Waals surface area contributed by atoms with Crippen LogP contribution in [-0.4, -0.2) is 30.8 Å². The van der Waals surface area contributed by atoms with Crippen LogP contribution in [0.5, 0.6) is 5.75 Å². The van der Waals surface area contributed by atoms with E-state index >= 15 is 0 Å². The highest BCUT2D eigenvalue weighted by molar-refractivity contribution is 5.98. The Hall–Kier alpha value is -3.15. The zero-order valence-corrected chi connectivity index (χ0v) is 15.3. The number of carbonyl (C=O) groups excluding carboxylic acids is 3. The van der Waals surface area contributed by atoms with Crippen molar-refractivity contribution >= 4 is 17.7 Å². The van der Waals surface area contributed by atoms with Crippen LogP contribution in [0.1, 0.15) is 35.7 Å². The van der Waals surface area contributed by atoms with Gasteiger partial charge in [0.1, 0.15) is 18.9 Å². The second-order valence-corrected chi connectivity index (χ2v) is 5.80. The third-order valence-corrected chi connectivity index (χ3v) is 3.74. The van der Waals surface area contributed by atoms with Gasteiger partial charge in [0.15, 0.2) is 5.78 Å². The van der Waals surface area contributed by atoms with E-state index in [0.717, 1.165) is 5.56 Å². The molecule has 0 aliphatic heterocycles. The fourth-order valence-electron chi connectivity index (χ4n) is 2.32. The van der Waals surface area contributed by atoms with Crippen LogP contribution in [0, 0.1) is 0 Å². The molecule has 0 aromatic heterocycles. The van der Waals surface area contributed by atoms with Gasteiger partial charge >= 0.3 is 5.97 Å². The van der Waals surface area contributed by atoms with E-state index in [1.807, 2.05) is 37.3 Å². The number of ketones is 1. The highest BCUT2D eigenvalue weighted by Gasteiger charge is 2.11. The van der Waals surface area contributed by atoms with Crippen LogP contribution in [0.4, 0.5) is 0 Å². The lowest BCUT2D eigenvalue weighted by Gasteiger charge is -2.07. The van der Waals surface area contributed by atoms with Crippen molar-refractivity contribution in [3.8, 4) is 5.75 Å². The monoisotopic (exact) mass is 369 g/mol. The number of esters is 1. The summed E-state index contributed by atoms with van der Waals surface area (Å²) in [7, 11) is 0. The third kappa shape index (κ3) is 7.32. The van der Waals surface area contributed by atoms with Gasteiger partial charge in [-0.1, -0.05) is 30.3 Å². The number of hydrogen-bond donors (Lipinski definition) is 1. The maximum atomic E-state index is 12.1. The first-order valence-corrected chi connectivity index (χ1v) is 8.80. The third-order valence-electron chi connectivity index (χ3n) is 3.74. The van der Waals surface area contributed by atoms with Crippen molar-refractivity contribution in [2.45, 2.75) is 26.4 Å². The lowest BCUT2D eigenvalue weighted by atomic mass is 10.1. The molecular formula is C21H23NO5. The predicted octanol–water partition coefficient (Wildman–Crippen LogP) is 2.91. The molecule has 0 atom stereocenters. The van der Waals surface area contributed by atoms with E-state index < -0.39 is 5.97 Å². The number of benzene rings is 2. The molecule has 0 spiro atoms. The molecule has 142 valence electrons. The van der Waals surface area contributed by atoms with Gasteiger partial charge < -0.3 is 14.8 Å². The zero-order chi connectivity index (χ0) is 19.5. The number of Topliss-reactive ketones (excluding diaryl/α,β-unsaturated/α-hetero) is 1. The van der Waals surface area contributed by atoms with Crippen LogP contribution in [-0.2, 0) is 20.9 Å². The van der Waals surface area contributed by atoms with Crippen LogP contribution in [0.15, 0.2) is 54.6 Å². The maximum Gasteiger partial charge on any atom is 0.325 e. The molecule has 6 heteroatoms. The van der Waals surface area contributed by atoms with Crippen LogP contribution in [0.3, 0.4) is 0 Å². The highest BCUT2D eigenvalue weighted by atomic mass is 16.5. The molecule has 6 nitrogen and oxygen atoms in total. The van der Waals surface area contributed by atoms with Gasteiger partial charge in [0.2, 0.25) is 5.91 Å². The van der Waals surface area contributed by atoms with E-state index in [1.165, 1.54) is 0 Å². The number of amides is 1. The summed E-state index contributed by atoms with van der Waals surface area (Å²) in [6.07, 6.45) is 0.0802. The normalized spacial score (nSPS) is 10.1. The first-order chi connectivity index (χ1) is 13.1. The first-order valence-electron chi connectivity index (χ1n) is 8.80. The van der Waals surface area contributed by atoms with E-state index in [-0.39, 0.29) is 37.7 Å². The minimum absolute atomic E-state index is 0.0119. The van der Waals surface area contributed by atoms with Gasteiger partial charge in [-0.25, -0.2) is 0 Å². The lowest BCUT2D eigenvalue weighted by molar-refractivity contribution is -0.145. The number of hydrogen-bond acceptors (Lipinski definition) is 5.